The number of hydrogen-bond donors (Lipinski definition) is 3. The fraction of sp³-hybridized carbons (Fsp3) is 0.235. The van der Waals surface area contributed by atoms with Gasteiger partial charge >= 0.3 is 0 Å². The quantitative estimate of drug-likeness (QED) is 0.511. The molecule has 0 spiro atoms. The standard InChI is InChI=1S/C17H18N4O5S/c22-15-11-12(4-5-13(15)19-27(25)26)16(23)20-7-9-21(10-8-20)17(24)14-3-1-2-6-18-14/h1-6,11,22,27H,7-10H2,(H,19,25,26). The second kappa shape index (κ2) is 8.04. The van der Waals surface area contributed by atoms with Crippen molar-refractivity contribution in [3.05, 3.63) is 53.9 Å². The minimum Gasteiger partial charge on any atom is -0.506 e. The highest BCUT2D eigenvalue weighted by molar-refractivity contribution is 7.73. The number of nitrogens with zero attached hydrogens (tertiary/aromatic N) is 3. The van der Waals surface area contributed by atoms with Crippen LogP contribution in [0.1, 0.15) is 20.8 Å². The highest BCUT2D eigenvalue weighted by Gasteiger charge is 2.26. The average Bonchev–Trinajstić information content (AvgIpc) is 2.69. The molecule has 0 bridgehead atoms. The normalized spacial score (nSPS) is 14.3. The SMILES string of the molecule is O=C(c1ccc(N[SH](=O)=O)c(O)c1)N1CCN(C(=O)c2ccccn2)CC1. The highest BCUT2D eigenvalue weighted by Crippen LogP contribution is 2.25. The van der Waals surface area contributed by atoms with E-state index >= 15 is 0 Å². The summed E-state index contributed by atoms with van der Waals surface area (Å²) in [5.41, 5.74) is 0.610. The number of amides is 2. The molecule has 0 saturated carbocycles. The summed E-state index contributed by atoms with van der Waals surface area (Å²) in [6, 6.07) is 9.11. The number of rotatable bonds is 4. The number of pyridine rings is 1. The van der Waals surface area contributed by atoms with Crippen LogP contribution in [0.4, 0.5) is 5.69 Å². The molecular formula is C17H18N4O5S. The van der Waals surface area contributed by atoms with Crippen LogP contribution < -0.4 is 4.72 Å². The van der Waals surface area contributed by atoms with E-state index in [1.807, 2.05) is 0 Å². The first-order chi connectivity index (χ1) is 13.0. The summed E-state index contributed by atoms with van der Waals surface area (Å²) in [4.78, 5) is 32.2. The van der Waals surface area contributed by atoms with E-state index in [9.17, 15) is 23.1 Å². The van der Waals surface area contributed by atoms with Gasteiger partial charge in [0, 0.05) is 37.9 Å². The van der Waals surface area contributed by atoms with Gasteiger partial charge in [0.15, 0.2) is 0 Å². The van der Waals surface area contributed by atoms with Gasteiger partial charge in [0.05, 0.1) is 5.69 Å². The third kappa shape index (κ3) is 4.34. The van der Waals surface area contributed by atoms with Crippen LogP contribution in [0.15, 0.2) is 42.6 Å². The Morgan fingerprint density at radius 3 is 2.22 bits per heavy atom. The van der Waals surface area contributed by atoms with E-state index in [4.69, 9.17) is 0 Å². The summed E-state index contributed by atoms with van der Waals surface area (Å²) in [5, 5.41) is 9.87. The van der Waals surface area contributed by atoms with E-state index in [-0.39, 0.29) is 28.8 Å². The minimum atomic E-state index is -2.91. The second-order valence-electron chi connectivity index (χ2n) is 5.90. The molecule has 1 saturated heterocycles. The third-order valence-electron chi connectivity index (χ3n) is 4.19. The maximum Gasteiger partial charge on any atom is 0.272 e. The number of carbonyl (C=O) groups excluding carboxylic acids is 2. The van der Waals surface area contributed by atoms with Gasteiger partial charge in [-0.05, 0) is 30.3 Å². The number of carbonyl (C=O) groups is 2. The Morgan fingerprint density at radius 1 is 1.00 bits per heavy atom. The van der Waals surface area contributed by atoms with Crippen molar-refractivity contribution in [2.45, 2.75) is 0 Å². The van der Waals surface area contributed by atoms with Crippen molar-refractivity contribution >= 4 is 28.4 Å². The molecule has 2 amide bonds. The molecule has 0 unspecified atom stereocenters. The first kappa shape index (κ1) is 18.6. The van der Waals surface area contributed by atoms with Crippen molar-refractivity contribution in [1.29, 1.82) is 0 Å². The molecular weight excluding hydrogens is 372 g/mol. The predicted molar refractivity (Wildman–Crippen MR) is 98.1 cm³/mol. The van der Waals surface area contributed by atoms with E-state index in [1.54, 1.807) is 34.2 Å². The average molecular weight is 390 g/mol. The molecule has 1 aromatic carbocycles. The monoisotopic (exact) mass is 390 g/mol. The summed E-state index contributed by atoms with van der Waals surface area (Å²) in [7, 11) is -2.91. The number of phenolic OH excluding ortho intramolecular Hbond substituents is 1. The second-order valence-corrected chi connectivity index (χ2v) is 6.64. The summed E-state index contributed by atoms with van der Waals surface area (Å²) < 4.78 is 23.4. The topological polar surface area (TPSA) is 120 Å². The minimum absolute atomic E-state index is 0.00781. The molecule has 2 N–H and O–H groups in total. The van der Waals surface area contributed by atoms with Crippen LogP contribution in [-0.2, 0) is 10.9 Å². The van der Waals surface area contributed by atoms with Gasteiger partial charge in [-0.25, -0.2) is 8.42 Å². The van der Waals surface area contributed by atoms with Crippen molar-refractivity contribution in [2.24, 2.45) is 0 Å². The molecule has 142 valence electrons. The molecule has 1 fully saturated rings. The Kier molecular flexibility index (Phi) is 5.55. The fourth-order valence-corrected chi connectivity index (χ4v) is 3.19. The Labute approximate surface area is 157 Å². The van der Waals surface area contributed by atoms with Crippen molar-refractivity contribution in [3.8, 4) is 5.75 Å². The molecule has 0 aliphatic carbocycles. The largest absolute Gasteiger partial charge is 0.506 e. The highest BCUT2D eigenvalue weighted by atomic mass is 32.2. The number of piperazine rings is 1. The first-order valence-corrected chi connectivity index (χ1v) is 9.37. The summed E-state index contributed by atoms with van der Waals surface area (Å²) >= 11 is 0. The maximum atomic E-state index is 12.6. The molecule has 1 aromatic heterocycles. The zero-order valence-electron chi connectivity index (χ0n) is 14.2. The fourth-order valence-electron chi connectivity index (χ4n) is 2.80. The molecule has 0 atom stereocenters. The molecule has 3 rings (SSSR count). The van der Waals surface area contributed by atoms with Crippen LogP contribution in [-0.4, -0.2) is 66.3 Å². The first-order valence-electron chi connectivity index (χ1n) is 8.19. The molecule has 27 heavy (non-hydrogen) atoms. The number of hydrogen-bond acceptors (Lipinski definition) is 6. The number of aromatic hydroxyl groups is 1. The lowest BCUT2D eigenvalue weighted by Gasteiger charge is -2.34. The van der Waals surface area contributed by atoms with Crippen molar-refractivity contribution in [3.63, 3.8) is 0 Å². The molecule has 0 radical (unpaired) electrons. The van der Waals surface area contributed by atoms with Crippen LogP contribution in [0.3, 0.4) is 0 Å². The van der Waals surface area contributed by atoms with Crippen LogP contribution in [0.25, 0.3) is 0 Å². The van der Waals surface area contributed by atoms with Gasteiger partial charge < -0.3 is 14.9 Å². The molecule has 1 aliphatic heterocycles. The Hall–Kier alpha value is -3.14. The summed E-state index contributed by atoms with van der Waals surface area (Å²) in [6.07, 6.45) is 1.56. The Morgan fingerprint density at radius 2 is 1.67 bits per heavy atom. The van der Waals surface area contributed by atoms with Gasteiger partial charge in [-0.2, -0.15) is 0 Å². The summed E-state index contributed by atoms with van der Waals surface area (Å²) in [5.74, 6) is -0.806. The zero-order chi connectivity index (χ0) is 19.4. The number of aromatic nitrogens is 1. The maximum absolute atomic E-state index is 12.6. The van der Waals surface area contributed by atoms with Gasteiger partial charge in [0.2, 0.25) is 10.9 Å². The lowest BCUT2D eigenvalue weighted by molar-refractivity contribution is 0.0532. The lowest BCUT2D eigenvalue weighted by Crippen LogP contribution is -2.50. The van der Waals surface area contributed by atoms with E-state index in [1.165, 1.54) is 18.2 Å². The molecule has 1 aliphatic rings. The smallest absolute Gasteiger partial charge is 0.272 e. The van der Waals surface area contributed by atoms with Crippen LogP contribution in [0.2, 0.25) is 0 Å². The predicted octanol–water partition coefficient (Wildman–Crippen LogP) is 0.324. The number of phenols is 1. The van der Waals surface area contributed by atoms with Gasteiger partial charge in [-0.1, -0.05) is 6.07 Å². The third-order valence-corrected chi connectivity index (χ3v) is 4.62. The van der Waals surface area contributed by atoms with Crippen molar-refractivity contribution in [2.75, 3.05) is 30.9 Å². The van der Waals surface area contributed by atoms with E-state index < -0.39 is 10.9 Å². The number of nitrogens with one attached hydrogen (secondary N) is 1. The van der Waals surface area contributed by atoms with Crippen LogP contribution in [0.5, 0.6) is 5.75 Å². The molecule has 9 nitrogen and oxygen atoms in total. The van der Waals surface area contributed by atoms with E-state index in [0.29, 0.717) is 31.9 Å². The number of thiol groups is 1. The number of benzene rings is 1. The van der Waals surface area contributed by atoms with Crippen LogP contribution in [0, 0.1) is 0 Å². The lowest BCUT2D eigenvalue weighted by atomic mass is 10.1. The van der Waals surface area contributed by atoms with Crippen molar-refractivity contribution < 1.29 is 23.1 Å². The van der Waals surface area contributed by atoms with E-state index in [0.717, 1.165) is 0 Å². The van der Waals surface area contributed by atoms with Gasteiger partial charge in [0.1, 0.15) is 11.4 Å². The Balaban J connectivity index is 1.63. The van der Waals surface area contributed by atoms with Gasteiger partial charge in [-0.3, -0.25) is 19.3 Å². The molecule has 10 heteroatoms. The zero-order valence-corrected chi connectivity index (χ0v) is 15.1. The van der Waals surface area contributed by atoms with Crippen LogP contribution >= 0.6 is 0 Å². The van der Waals surface area contributed by atoms with Crippen molar-refractivity contribution in [1.82, 2.24) is 14.8 Å². The Bertz CT molecular complexity index is 916. The summed E-state index contributed by atoms with van der Waals surface area (Å²) in [6.45, 7) is 1.46. The molecule has 2 heterocycles. The van der Waals surface area contributed by atoms with E-state index in [2.05, 4.69) is 9.71 Å². The van der Waals surface area contributed by atoms with Gasteiger partial charge in [-0.15, -0.1) is 0 Å². The van der Waals surface area contributed by atoms with Gasteiger partial charge in [0.25, 0.3) is 11.8 Å². The number of anilines is 1. The molecule has 2 aromatic rings.